The smallest absolute Gasteiger partial charge is 0.416 e. The number of alkyl carbamates (subject to hydrolysis) is 1. The van der Waals surface area contributed by atoms with E-state index in [2.05, 4.69) is 26.6 Å². The number of rotatable bonds is 15. The second kappa shape index (κ2) is 23.7. The molecule has 2 saturated carbocycles. The van der Waals surface area contributed by atoms with Crippen LogP contribution in [-0.2, 0) is 59.6 Å². The van der Waals surface area contributed by atoms with E-state index >= 15 is 0 Å². The van der Waals surface area contributed by atoms with E-state index in [-0.39, 0.29) is 60.4 Å². The Kier molecular flexibility index (Phi) is 18.4. The molecule has 0 unspecified atom stereocenters. The second-order valence-corrected chi connectivity index (χ2v) is 22.5. The van der Waals surface area contributed by atoms with Crippen LogP contribution in [0.2, 0.25) is 0 Å². The molecule has 2 aliphatic carbocycles. The molecule has 4 fully saturated rings. The highest BCUT2D eigenvalue weighted by molar-refractivity contribution is 5.93. The zero-order valence-corrected chi connectivity index (χ0v) is 45.1. The van der Waals surface area contributed by atoms with Gasteiger partial charge in [0.25, 0.3) is 0 Å². The van der Waals surface area contributed by atoms with E-state index in [0.717, 1.165) is 11.1 Å². The second-order valence-electron chi connectivity index (χ2n) is 22.5. The Morgan fingerprint density at radius 3 is 1.21 bits per heavy atom. The number of hydrogen-bond donors (Lipinski definition) is 6. The summed E-state index contributed by atoms with van der Waals surface area (Å²) in [5.74, 6) is -0.515. The maximum Gasteiger partial charge on any atom is 0.416 e. The topological polar surface area (TPSA) is 165 Å². The largest absolute Gasteiger partial charge is 0.444 e. The van der Waals surface area contributed by atoms with Crippen LogP contribution in [0.1, 0.15) is 143 Å². The first-order valence-electron chi connectivity index (χ1n) is 26.4. The molecule has 4 aliphatic rings. The van der Waals surface area contributed by atoms with E-state index in [4.69, 9.17) is 19.9 Å². The number of nitrogens with two attached hydrogens (primary N) is 1. The maximum absolute atomic E-state index is 13.4. The predicted molar refractivity (Wildman–Crippen MR) is 274 cm³/mol. The van der Waals surface area contributed by atoms with Crippen molar-refractivity contribution in [1.82, 2.24) is 26.6 Å². The molecular weight excluding hydrogens is 1090 g/mol. The summed E-state index contributed by atoms with van der Waals surface area (Å²) in [6.45, 7) is 8.66. The molecule has 0 aromatic heterocycles. The molecule has 2 aliphatic heterocycles. The number of carbonyl (C=O) groups excluding carboxylic acids is 3. The van der Waals surface area contributed by atoms with Crippen molar-refractivity contribution in [3.05, 3.63) is 142 Å². The summed E-state index contributed by atoms with van der Waals surface area (Å²) in [6, 6.07) is 20.9. The van der Waals surface area contributed by atoms with Gasteiger partial charge in [0.15, 0.2) is 0 Å². The van der Waals surface area contributed by atoms with Crippen molar-refractivity contribution in [2.75, 3.05) is 26.3 Å². The van der Waals surface area contributed by atoms with Crippen LogP contribution >= 0.6 is 0 Å². The van der Waals surface area contributed by atoms with E-state index in [0.29, 0.717) is 88.7 Å². The SMILES string of the molecule is C[C@@H](OC[C@@]1(c2ccccc2)CC[C@H](NC(=O)C2(N)CC2)CN1)c1cc(C(F)(F)F)cc(C(F)(F)F)c1.C[C@@H](OC[C@@]1(c2ccccc2)CC[C@H](NC(=O)C2(NC(=O)OC(C)(C)C)CC2)CN1)c1cc(C(F)(F)F)cc(C(F)(F)F)c1. The molecule has 8 rings (SSSR count). The Morgan fingerprint density at radius 1 is 0.556 bits per heavy atom. The molecular formula is C57H66F12N6O6. The molecule has 7 N–H and O–H groups in total. The fourth-order valence-corrected chi connectivity index (χ4v) is 9.73. The van der Waals surface area contributed by atoms with Crippen LogP contribution in [0, 0.1) is 0 Å². The minimum Gasteiger partial charge on any atom is -0.444 e. The predicted octanol–water partition coefficient (Wildman–Crippen LogP) is 11.7. The summed E-state index contributed by atoms with van der Waals surface area (Å²) in [5, 5.41) is 15.5. The van der Waals surface area contributed by atoms with Crippen LogP contribution in [0.15, 0.2) is 97.1 Å². The molecule has 2 saturated heterocycles. The summed E-state index contributed by atoms with van der Waals surface area (Å²) in [4.78, 5) is 37.7. The average Bonchev–Trinajstić information content (AvgIpc) is 4.47. The molecule has 24 heteroatoms. The number of nitrogens with one attached hydrogen (secondary N) is 5. The number of alkyl halides is 12. The van der Waals surface area contributed by atoms with Gasteiger partial charge in [-0.3, -0.25) is 9.59 Å². The Morgan fingerprint density at radius 2 is 0.914 bits per heavy atom. The first-order chi connectivity index (χ1) is 37.5. The first-order valence-corrected chi connectivity index (χ1v) is 26.4. The van der Waals surface area contributed by atoms with E-state index in [1.165, 1.54) is 13.8 Å². The normalized spacial score (nSPS) is 23.4. The molecule has 4 aromatic carbocycles. The van der Waals surface area contributed by atoms with Crippen molar-refractivity contribution >= 4 is 17.9 Å². The first kappa shape index (κ1) is 62.6. The standard InChI is InChI=1S/C31H37F6N3O4.C26H29F6N3O2/c1-19(20-14-22(30(32,33)34)16-23(15-20)31(35,36)37)43-18-29(21-8-6-5-7-9-21)11-10-24(17-38-29)39-25(41)28(12-13-28)40-26(42)44-27(2,3)4;1-16(17-11-19(25(27,28)29)13-20(12-17)26(30,31)32)37-15-24(18-5-3-2-4-6-18)8-7-21(14-34-24)35-22(36)23(33)9-10-23/h5-9,14-16,19,24,38H,10-13,17-18H2,1-4H3,(H,39,41)(H,40,42);2-6,11-13,16,21,34H,7-10,14-15,33H2,1H3,(H,35,36)/t19-,24+,29-;16-,21+,24-/m11/s1. The lowest BCUT2D eigenvalue weighted by Crippen LogP contribution is -2.59. The van der Waals surface area contributed by atoms with E-state index in [9.17, 15) is 67.1 Å². The average molecular weight is 1160 g/mol. The Balaban J connectivity index is 0.000000237. The van der Waals surface area contributed by atoms with E-state index < -0.39 is 93.0 Å². The van der Waals surface area contributed by atoms with Crippen molar-refractivity contribution in [3.63, 3.8) is 0 Å². The minimum absolute atomic E-state index is 0.00271. The number of halogens is 12. The van der Waals surface area contributed by atoms with Gasteiger partial charge in [0.05, 0.1) is 64.3 Å². The molecule has 0 spiro atoms. The van der Waals surface area contributed by atoms with Gasteiger partial charge in [-0.1, -0.05) is 60.7 Å². The lowest BCUT2D eigenvalue weighted by Gasteiger charge is -2.42. The van der Waals surface area contributed by atoms with Crippen LogP contribution in [0.3, 0.4) is 0 Å². The monoisotopic (exact) mass is 1160 g/mol. The van der Waals surface area contributed by atoms with Crippen molar-refractivity contribution in [2.24, 2.45) is 5.73 Å². The summed E-state index contributed by atoms with van der Waals surface area (Å²) < 4.78 is 178. The van der Waals surface area contributed by atoms with Gasteiger partial charge in [0.1, 0.15) is 11.1 Å². The zero-order valence-electron chi connectivity index (χ0n) is 45.1. The summed E-state index contributed by atoms with van der Waals surface area (Å²) >= 11 is 0. The van der Waals surface area contributed by atoms with Gasteiger partial charge in [-0.25, -0.2) is 4.79 Å². The fourth-order valence-electron chi connectivity index (χ4n) is 9.73. The van der Waals surface area contributed by atoms with Crippen molar-refractivity contribution < 1.29 is 81.3 Å². The third kappa shape index (κ3) is 16.2. The third-order valence-electron chi connectivity index (χ3n) is 15.0. The molecule has 12 nitrogen and oxygen atoms in total. The number of amides is 3. The molecule has 6 atom stereocenters. The minimum atomic E-state index is -4.97. The number of carbonyl (C=O) groups is 3. The molecule has 81 heavy (non-hydrogen) atoms. The summed E-state index contributed by atoms with van der Waals surface area (Å²) in [7, 11) is 0. The van der Waals surface area contributed by atoms with Crippen molar-refractivity contribution in [1.29, 1.82) is 0 Å². The van der Waals surface area contributed by atoms with Gasteiger partial charge in [-0.05, 0) is 145 Å². The lowest BCUT2D eigenvalue weighted by molar-refractivity contribution is -0.145. The lowest BCUT2D eigenvalue weighted by atomic mass is 9.81. The summed E-state index contributed by atoms with van der Waals surface area (Å²) in [6.07, 6.45) is -18.3. The van der Waals surface area contributed by atoms with Crippen LogP contribution in [-0.4, -0.2) is 73.0 Å². The number of hydrogen-bond acceptors (Lipinski definition) is 9. The van der Waals surface area contributed by atoms with E-state index in [1.54, 1.807) is 20.8 Å². The highest BCUT2D eigenvalue weighted by Gasteiger charge is 2.53. The third-order valence-corrected chi connectivity index (χ3v) is 15.0. The van der Waals surface area contributed by atoms with Gasteiger partial charge in [0, 0.05) is 25.2 Å². The van der Waals surface area contributed by atoms with Gasteiger partial charge >= 0.3 is 30.8 Å². The number of piperidine rings is 2. The Bertz CT molecular complexity index is 2750. The van der Waals surface area contributed by atoms with Crippen LogP contribution in [0.25, 0.3) is 0 Å². The Hall–Kier alpha value is -5.95. The molecule has 444 valence electrons. The Labute approximate surface area is 461 Å². The van der Waals surface area contributed by atoms with Gasteiger partial charge in [-0.2, -0.15) is 52.7 Å². The zero-order chi connectivity index (χ0) is 59.6. The van der Waals surface area contributed by atoms with Gasteiger partial charge in [-0.15, -0.1) is 0 Å². The molecule has 0 bridgehead atoms. The molecule has 2 heterocycles. The number of benzene rings is 4. The van der Waals surface area contributed by atoms with Crippen LogP contribution < -0.4 is 32.3 Å². The summed E-state index contributed by atoms with van der Waals surface area (Å²) in [5.41, 5.74) is -2.49. The van der Waals surface area contributed by atoms with Crippen LogP contribution in [0.4, 0.5) is 57.5 Å². The fraction of sp³-hybridized carbons (Fsp3) is 0.526. The van der Waals surface area contributed by atoms with Crippen LogP contribution in [0.5, 0.6) is 0 Å². The van der Waals surface area contributed by atoms with E-state index in [1.807, 2.05) is 60.7 Å². The number of ether oxygens (including phenoxy) is 3. The molecule has 4 aromatic rings. The van der Waals surface area contributed by atoms with Crippen molar-refractivity contribution in [2.45, 2.75) is 163 Å². The highest BCUT2D eigenvalue weighted by atomic mass is 19.4. The van der Waals surface area contributed by atoms with Gasteiger partial charge in [0.2, 0.25) is 11.8 Å². The van der Waals surface area contributed by atoms with Gasteiger partial charge < -0.3 is 46.5 Å². The molecule has 0 radical (unpaired) electrons. The quantitative estimate of drug-likeness (QED) is 0.0636. The molecule has 3 amide bonds. The maximum atomic E-state index is 13.4. The highest BCUT2D eigenvalue weighted by Crippen LogP contribution is 2.43. The van der Waals surface area contributed by atoms with Crippen molar-refractivity contribution in [3.8, 4) is 0 Å².